The number of hydrogen-bond acceptors (Lipinski definition) is 7. The summed E-state index contributed by atoms with van der Waals surface area (Å²) in [5.41, 5.74) is 5.12. The van der Waals surface area contributed by atoms with Crippen LogP contribution in [0.3, 0.4) is 0 Å². The normalized spacial score (nSPS) is 20.4. The molecule has 3 aliphatic carbocycles. The topological polar surface area (TPSA) is 119 Å². The maximum absolute atomic E-state index is 14.2. The van der Waals surface area contributed by atoms with Crippen molar-refractivity contribution in [3.8, 4) is 0 Å². The first-order valence-corrected chi connectivity index (χ1v) is 15.3. The first-order valence-electron chi connectivity index (χ1n) is 15.3. The van der Waals surface area contributed by atoms with Crippen molar-refractivity contribution in [1.82, 2.24) is 0 Å². The number of carbonyl (C=O) groups is 5. The van der Waals surface area contributed by atoms with Crippen molar-refractivity contribution in [2.75, 3.05) is 23.4 Å². The molecule has 3 amide bonds. The van der Waals surface area contributed by atoms with Gasteiger partial charge in [-0.3, -0.25) is 14.4 Å². The molecule has 1 fully saturated rings. The van der Waals surface area contributed by atoms with Crippen LogP contribution in [0.2, 0.25) is 0 Å². The molecule has 0 radical (unpaired) electrons. The van der Waals surface area contributed by atoms with E-state index < -0.39 is 36.3 Å². The third-order valence-corrected chi connectivity index (χ3v) is 8.99. The highest BCUT2D eigenvalue weighted by Crippen LogP contribution is 2.61. The first kappa shape index (κ1) is 29.2. The number of nitrogens with one attached hydrogen (secondary N) is 1. The minimum Gasteiger partial charge on any atom is -0.462 e. The van der Waals surface area contributed by atoms with Gasteiger partial charge in [-0.25, -0.2) is 14.5 Å². The molecule has 0 saturated carbocycles. The molecule has 1 aliphatic heterocycles. The summed E-state index contributed by atoms with van der Waals surface area (Å²) in [5, 5.41) is 2.62. The van der Waals surface area contributed by atoms with Crippen molar-refractivity contribution < 1.29 is 33.4 Å². The maximum atomic E-state index is 14.2. The first-order chi connectivity index (χ1) is 22.4. The number of amides is 3. The van der Waals surface area contributed by atoms with Gasteiger partial charge in [-0.05, 0) is 65.1 Å². The van der Waals surface area contributed by atoms with E-state index in [4.69, 9.17) is 9.47 Å². The average molecular weight is 615 g/mol. The van der Waals surface area contributed by atoms with Gasteiger partial charge in [-0.1, -0.05) is 67.6 Å². The molecule has 9 nitrogen and oxygen atoms in total. The van der Waals surface area contributed by atoms with Gasteiger partial charge in [0.1, 0.15) is 0 Å². The van der Waals surface area contributed by atoms with Crippen LogP contribution in [0.5, 0.6) is 0 Å². The van der Waals surface area contributed by atoms with Crippen molar-refractivity contribution in [2.45, 2.75) is 25.2 Å². The Labute approximate surface area is 265 Å². The summed E-state index contributed by atoms with van der Waals surface area (Å²) < 4.78 is 10.4. The third-order valence-electron chi connectivity index (χ3n) is 8.99. The minimum atomic E-state index is -0.843. The van der Waals surface area contributed by atoms with Gasteiger partial charge in [0.05, 0.1) is 35.3 Å². The fourth-order valence-corrected chi connectivity index (χ4v) is 7.13. The number of esters is 2. The fourth-order valence-electron chi connectivity index (χ4n) is 7.13. The summed E-state index contributed by atoms with van der Waals surface area (Å²) in [5.74, 6) is -4.35. The Morgan fingerprint density at radius 2 is 1.20 bits per heavy atom. The molecule has 4 aromatic rings. The van der Waals surface area contributed by atoms with Crippen molar-refractivity contribution in [1.29, 1.82) is 0 Å². The quantitative estimate of drug-likeness (QED) is 0.207. The van der Waals surface area contributed by atoms with Crippen molar-refractivity contribution in [3.05, 3.63) is 130 Å². The van der Waals surface area contributed by atoms with Gasteiger partial charge >= 0.3 is 11.9 Å². The molecule has 9 heteroatoms. The lowest BCUT2D eigenvalue weighted by Crippen LogP contribution is -2.41. The number of imide groups is 1. The highest BCUT2D eigenvalue weighted by atomic mass is 16.5. The Hall–Kier alpha value is -5.57. The van der Waals surface area contributed by atoms with Crippen LogP contribution < -0.4 is 10.2 Å². The summed E-state index contributed by atoms with van der Waals surface area (Å²) in [6.45, 7) is 1.61. The van der Waals surface area contributed by atoms with Crippen LogP contribution in [0, 0.1) is 11.8 Å². The van der Waals surface area contributed by atoms with E-state index >= 15 is 0 Å². The smallest absolute Gasteiger partial charge is 0.340 e. The molecule has 1 N–H and O–H groups in total. The highest BCUT2D eigenvalue weighted by Gasteiger charge is 2.62. The van der Waals surface area contributed by atoms with E-state index in [2.05, 4.69) is 5.32 Å². The summed E-state index contributed by atoms with van der Waals surface area (Å²) in [6.07, 6.45) is 0.708. The van der Waals surface area contributed by atoms with Crippen LogP contribution in [0.4, 0.5) is 11.4 Å². The molecule has 4 aliphatic rings. The highest BCUT2D eigenvalue weighted by molar-refractivity contribution is 6.25. The van der Waals surface area contributed by atoms with E-state index in [1.807, 2.05) is 55.5 Å². The van der Waals surface area contributed by atoms with Crippen molar-refractivity contribution in [3.63, 3.8) is 0 Å². The van der Waals surface area contributed by atoms with Gasteiger partial charge in [0.15, 0.2) is 6.61 Å². The summed E-state index contributed by atoms with van der Waals surface area (Å²) in [7, 11) is 0. The van der Waals surface area contributed by atoms with Crippen LogP contribution in [-0.2, 0) is 23.9 Å². The number of hydrogen-bond donors (Lipinski definition) is 1. The Kier molecular flexibility index (Phi) is 7.44. The molecule has 2 bridgehead atoms. The van der Waals surface area contributed by atoms with E-state index in [9.17, 15) is 24.0 Å². The maximum Gasteiger partial charge on any atom is 0.340 e. The molecule has 0 unspecified atom stereocenters. The molecule has 46 heavy (non-hydrogen) atoms. The lowest BCUT2D eigenvalue weighted by Gasteiger charge is -2.45. The molecule has 8 rings (SSSR count). The fraction of sp³-hybridized carbons (Fsp3) is 0.216. The molecule has 1 heterocycles. The van der Waals surface area contributed by atoms with Crippen LogP contribution in [-0.4, -0.2) is 42.9 Å². The Morgan fingerprint density at radius 3 is 1.74 bits per heavy atom. The predicted molar refractivity (Wildman–Crippen MR) is 168 cm³/mol. The average Bonchev–Trinajstić information content (AvgIpc) is 3.36. The number of benzene rings is 4. The minimum absolute atomic E-state index is 0.00738. The molecule has 4 aromatic carbocycles. The van der Waals surface area contributed by atoms with Gasteiger partial charge in [-0.2, -0.15) is 0 Å². The van der Waals surface area contributed by atoms with Crippen LogP contribution in [0.1, 0.15) is 68.2 Å². The summed E-state index contributed by atoms with van der Waals surface area (Å²) in [6, 6.07) is 28.4. The molecular weight excluding hydrogens is 584 g/mol. The zero-order chi connectivity index (χ0) is 31.9. The molecule has 0 spiro atoms. The van der Waals surface area contributed by atoms with Gasteiger partial charge in [0, 0.05) is 17.5 Å². The van der Waals surface area contributed by atoms with Gasteiger partial charge in [0.2, 0.25) is 11.8 Å². The van der Waals surface area contributed by atoms with Gasteiger partial charge in [-0.15, -0.1) is 0 Å². The van der Waals surface area contributed by atoms with E-state index in [0.29, 0.717) is 24.3 Å². The Bertz CT molecular complexity index is 1780. The number of anilines is 2. The van der Waals surface area contributed by atoms with Crippen LogP contribution in [0.25, 0.3) is 0 Å². The van der Waals surface area contributed by atoms with Crippen LogP contribution in [0.15, 0.2) is 97.1 Å². The zero-order valence-corrected chi connectivity index (χ0v) is 25.0. The SMILES string of the molecule is CCCOC(=O)c1ccc(NC(=O)COC(=O)c2ccccc2N2C(=O)[C@H]3C4c5ccccc5C(c5ccccc54)[C@@H]3C2=O)cc1. The van der Waals surface area contributed by atoms with E-state index in [0.717, 1.165) is 27.2 Å². The largest absolute Gasteiger partial charge is 0.462 e. The number of ether oxygens (including phenoxy) is 2. The van der Waals surface area contributed by atoms with E-state index in [1.54, 1.807) is 30.3 Å². The molecule has 230 valence electrons. The predicted octanol–water partition coefficient (Wildman–Crippen LogP) is 5.45. The summed E-state index contributed by atoms with van der Waals surface area (Å²) >= 11 is 0. The standard InChI is InChI=1S/C37H30N2O7/c1-2-19-45-36(43)21-15-17-22(18-16-21)38-29(40)20-46-37(44)27-13-7-8-14-28(27)39-34(41)32-30-23-9-3-4-10-24(23)31(33(32)35(39)42)26-12-6-5-11-25(26)30/h3-18,30-33H,2,19-20H2,1H3,(H,38,40)/t30?,31?,32-,33-/m0/s1. The van der Waals surface area contributed by atoms with Crippen molar-refractivity contribution >= 4 is 41.0 Å². The zero-order valence-electron chi connectivity index (χ0n) is 25.0. The lowest BCUT2D eigenvalue weighted by molar-refractivity contribution is -0.122. The van der Waals surface area contributed by atoms with E-state index in [-0.39, 0.29) is 34.9 Å². The second-order valence-corrected chi connectivity index (χ2v) is 11.6. The van der Waals surface area contributed by atoms with Crippen LogP contribution >= 0.6 is 0 Å². The monoisotopic (exact) mass is 614 g/mol. The second-order valence-electron chi connectivity index (χ2n) is 11.6. The number of carbonyl (C=O) groups excluding carboxylic acids is 5. The molecule has 0 aromatic heterocycles. The second kappa shape index (κ2) is 11.7. The Morgan fingerprint density at radius 1 is 0.674 bits per heavy atom. The van der Waals surface area contributed by atoms with E-state index in [1.165, 1.54) is 18.2 Å². The van der Waals surface area contributed by atoms with Gasteiger partial charge < -0.3 is 14.8 Å². The Balaban J connectivity index is 1.09. The number of para-hydroxylation sites is 1. The molecule has 2 atom stereocenters. The third kappa shape index (κ3) is 4.75. The number of nitrogens with zero attached hydrogens (tertiary/aromatic N) is 1. The summed E-state index contributed by atoms with van der Waals surface area (Å²) in [4.78, 5) is 67.4. The van der Waals surface area contributed by atoms with Crippen molar-refractivity contribution in [2.24, 2.45) is 11.8 Å². The lowest BCUT2D eigenvalue weighted by atomic mass is 9.55. The van der Waals surface area contributed by atoms with Gasteiger partial charge in [0.25, 0.3) is 5.91 Å². The molecular formula is C37H30N2O7. The number of rotatable bonds is 8. The molecule has 1 saturated heterocycles.